The Bertz CT molecular complexity index is 433. The monoisotopic (exact) mass is 216 g/mol. The highest BCUT2D eigenvalue weighted by Gasteiger charge is 2.04. The average Bonchev–Trinajstić information content (AvgIpc) is 2.76. The Balaban J connectivity index is 2.02. The van der Waals surface area contributed by atoms with Gasteiger partial charge in [-0.05, 0) is 25.5 Å². The summed E-state index contributed by atoms with van der Waals surface area (Å²) in [6, 6.07) is 4.40. The molecule has 0 radical (unpaired) electrons. The summed E-state index contributed by atoms with van der Waals surface area (Å²) >= 11 is 0. The zero-order valence-corrected chi connectivity index (χ0v) is 9.59. The van der Waals surface area contributed by atoms with Crippen LogP contribution in [0.3, 0.4) is 0 Å². The molecule has 16 heavy (non-hydrogen) atoms. The van der Waals surface area contributed by atoms with E-state index in [1.54, 1.807) is 6.20 Å². The van der Waals surface area contributed by atoms with Gasteiger partial charge < -0.3 is 9.88 Å². The Labute approximate surface area is 95.4 Å². The minimum absolute atomic E-state index is 0.416. The Kier molecular flexibility index (Phi) is 3.19. The molecule has 0 saturated heterocycles. The number of anilines is 1. The average molecular weight is 216 g/mol. The van der Waals surface area contributed by atoms with Crippen molar-refractivity contribution in [3.8, 4) is 0 Å². The van der Waals surface area contributed by atoms with Crippen molar-refractivity contribution >= 4 is 5.95 Å². The third kappa shape index (κ3) is 2.39. The van der Waals surface area contributed by atoms with E-state index in [1.807, 2.05) is 30.7 Å². The molecule has 4 nitrogen and oxygen atoms in total. The molecular weight excluding hydrogens is 200 g/mol. The first-order valence-electron chi connectivity index (χ1n) is 5.43. The molecule has 0 aliphatic rings. The van der Waals surface area contributed by atoms with Gasteiger partial charge in [-0.1, -0.05) is 6.07 Å². The summed E-state index contributed by atoms with van der Waals surface area (Å²) in [4.78, 5) is 8.36. The fourth-order valence-corrected chi connectivity index (χ4v) is 1.55. The molecule has 0 saturated carbocycles. The second-order valence-electron chi connectivity index (χ2n) is 3.97. The van der Waals surface area contributed by atoms with E-state index in [2.05, 4.69) is 33.7 Å². The van der Waals surface area contributed by atoms with Crippen molar-refractivity contribution in [1.82, 2.24) is 14.5 Å². The van der Waals surface area contributed by atoms with Gasteiger partial charge in [0.15, 0.2) is 0 Å². The van der Waals surface area contributed by atoms with Crippen molar-refractivity contribution < 1.29 is 0 Å². The van der Waals surface area contributed by atoms with Crippen LogP contribution < -0.4 is 5.32 Å². The van der Waals surface area contributed by atoms with Gasteiger partial charge >= 0.3 is 0 Å². The molecule has 2 rings (SSSR count). The first kappa shape index (κ1) is 10.7. The van der Waals surface area contributed by atoms with E-state index in [0.717, 1.165) is 18.1 Å². The van der Waals surface area contributed by atoms with Crippen molar-refractivity contribution in [2.45, 2.75) is 26.4 Å². The highest BCUT2D eigenvalue weighted by atomic mass is 15.2. The number of imidazole rings is 1. The lowest BCUT2D eigenvalue weighted by Gasteiger charge is -2.12. The molecule has 84 valence electrons. The Hall–Kier alpha value is -1.84. The fourth-order valence-electron chi connectivity index (χ4n) is 1.55. The maximum Gasteiger partial charge on any atom is 0.203 e. The van der Waals surface area contributed by atoms with Crippen LogP contribution in [0.4, 0.5) is 5.95 Å². The van der Waals surface area contributed by atoms with Crippen LogP contribution in [-0.4, -0.2) is 14.5 Å². The van der Waals surface area contributed by atoms with Crippen LogP contribution >= 0.6 is 0 Å². The molecule has 4 heteroatoms. The normalized spacial score (nSPS) is 10.7. The summed E-state index contributed by atoms with van der Waals surface area (Å²) in [5.41, 5.74) is 1.15. The molecule has 0 aliphatic heterocycles. The van der Waals surface area contributed by atoms with E-state index in [1.165, 1.54) is 0 Å². The van der Waals surface area contributed by atoms with Gasteiger partial charge in [-0.25, -0.2) is 4.98 Å². The number of aromatic nitrogens is 3. The molecule has 2 heterocycles. The number of rotatable bonds is 4. The lowest BCUT2D eigenvalue weighted by Crippen LogP contribution is -2.08. The number of pyridine rings is 1. The van der Waals surface area contributed by atoms with Crippen LogP contribution in [0.2, 0.25) is 0 Å². The minimum atomic E-state index is 0.416. The van der Waals surface area contributed by atoms with E-state index in [0.29, 0.717) is 6.04 Å². The highest BCUT2D eigenvalue weighted by Crippen LogP contribution is 2.13. The predicted molar refractivity (Wildman–Crippen MR) is 64.2 cm³/mol. The smallest absolute Gasteiger partial charge is 0.203 e. The Morgan fingerprint density at radius 1 is 1.38 bits per heavy atom. The minimum Gasteiger partial charge on any atom is -0.352 e. The van der Waals surface area contributed by atoms with Crippen LogP contribution in [-0.2, 0) is 6.54 Å². The Morgan fingerprint density at radius 2 is 2.25 bits per heavy atom. The van der Waals surface area contributed by atoms with Crippen molar-refractivity contribution in [3.05, 3.63) is 42.5 Å². The molecule has 0 bridgehead atoms. The molecule has 0 atom stereocenters. The molecule has 0 fully saturated rings. The van der Waals surface area contributed by atoms with Gasteiger partial charge in [0.05, 0.1) is 0 Å². The first-order chi connectivity index (χ1) is 7.77. The number of nitrogens with one attached hydrogen (secondary N) is 1. The van der Waals surface area contributed by atoms with E-state index < -0.39 is 0 Å². The molecule has 0 amide bonds. The van der Waals surface area contributed by atoms with Crippen LogP contribution in [0.5, 0.6) is 0 Å². The third-order valence-electron chi connectivity index (χ3n) is 2.40. The van der Waals surface area contributed by atoms with Crippen molar-refractivity contribution in [2.75, 3.05) is 5.32 Å². The van der Waals surface area contributed by atoms with Crippen molar-refractivity contribution in [3.63, 3.8) is 0 Å². The van der Waals surface area contributed by atoms with Crippen LogP contribution in [0.15, 0.2) is 36.9 Å². The summed E-state index contributed by atoms with van der Waals surface area (Å²) in [5.74, 6) is 0.902. The predicted octanol–water partition coefficient (Wildman–Crippen LogP) is 2.47. The van der Waals surface area contributed by atoms with Crippen molar-refractivity contribution in [2.24, 2.45) is 0 Å². The van der Waals surface area contributed by atoms with Gasteiger partial charge in [0, 0.05) is 37.4 Å². The molecule has 2 aromatic heterocycles. The number of hydrogen-bond donors (Lipinski definition) is 1. The maximum atomic E-state index is 4.28. The van der Waals surface area contributed by atoms with Gasteiger partial charge in [0.2, 0.25) is 5.95 Å². The van der Waals surface area contributed by atoms with Gasteiger partial charge in [-0.3, -0.25) is 4.98 Å². The standard InChI is InChI=1S/C12H16N4/c1-10(2)16-7-6-14-12(16)15-9-11-4-3-5-13-8-11/h3-8,10H,9H2,1-2H3,(H,14,15). The molecule has 0 spiro atoms. The highest BCUT2D eigenvalue weighted by molar-refractivity contribution is 5.28. The van der Waals surface area contributed by atoms with Crippen LogP contribution in [0.1, 0.15) is 25.5 Å². The van der Waals surface area contributed by atoms with E-state index >= 15 is 0 Å². The maximum absolute atomic E-state index is 4.28. The largest absolute Gasteiger partial charge is 0.352 e. The molecule has 0 unspecified atom stereocenters. The van der Waals surface area contributed by atoms with E-state index in [-0.39, 0.29) is 0 Å². The number of nitrogens with zero attached hydrogens (tertiary/aromatic N) is 3. The molecule has 1 N–H and O–H groups in total. The summed E-state index contributed by atoms with van der Waals surface area (Å²) in [5, 5.41) is 3.30. The second kappa shape index (κ2) is 4.79. The summed E-state index contributed by atoms with van der Waals surface area (Å²) < 4.78 is 2.11. The Morgan fingerprint density at radius 3 is 2.94 bits per heavy atom. The molecule has 2 aromatic rings. The lowest BCUT2D eigenvalue weighted by molar-refractivity contribution is 0.604. The zero-order valence-electron chi connectivity index (χ0n) is 9.59. The lowest BCUT2D eigenvalue weighted by atomic mass is 10.3. The van der Waals surface area contributed by atoms with Crippen LogP contribution in [0, 0.1) is 0 Å². The molecule has 0 aromatic carbocycles. The molecule has 0 aliphatic carbocycles. The van der Waals surface area contributed by atoms with Crippen molar-refractivity contribution in [1.29, 1.82) is 0 Å². The second-order valence-corrected chi connectivity index (χ2v) is 3.97. The summed E-state index contributed by atoms with van der Waals surface area (Å²) in [6.07, 6.45) is 7.43. The van der Waals surface area contributed by atoms with E-state index in [4.69, 9.17) is 0 Å². The van der Waals surface area contributed by atoms with Gasteiger partial charge in [0.25, 0.3) is 0 Å². The fraction of sp³-hybridized carbons (Fsp3) is 0.333. The summed E-state index contributed by atoms with van der Waals surface area (Å²) in [7, 11) is 0. The van der Waals surface area contributed by atoms with Gasteiger partial charge in [-0.2, -0.15) is 0 Å². The van der Waals surface area contributed by atoms with Crippen LogP contribution in [0.25, 0.3) is 0 Å². The SMILES string of the molecule is CC(C)n1ccnc1NCc1cccnc1. The third-order valence-corrected chi connectivity index (χ3v) is 2.40. The topological polar surface area (TPSA) is 42.7 Å². The molecular formula is C12H16N4. The quantitative estimate of drug-likeness (QED) is 0.853. The summed E-state index contributed by atoms with van der Waals surface area (Å²) in [6.45, 7) is 5.02. The van der Waals surface area contributed by atoms with E-state index in [9.17, 15) is 0 Å². The zero-order chi connectivity index (χ0) is 11.4. The first-order valence-corrected chi connectivity index (χ1v) is 5.43. The van der Waals surface area contributed by atoms with Gasteiger partial charge in [-0.15, -0.1) is 0 Å². The number of hydrogen-bond acceptors (Lipinski definition) is 3. The van der Waals surface area contributed by atoms with Gasteiger partial charge in [0.1, 0.15) is 0 Å².